The number of para-hydroxylation sites is 2. The van der Waals surface area contributed by atoms with Crippen molar-refractivity contribution in [2.45, 2.75) is 5.41 Å². The first kappa shape index (κ1) is 20.3. The zero-order chi connectivity index (χ0) is 24.3. The van der Waals surface area contributed by atoms with Gasteiger partial charge in [-0.05, 0) is 63.7 Å². The molecule has 0 radical (unpaired) electrons. The second-order valence-corrected chi connectivity index (χ2v) is 9.20. The first-order chi connectivity index (χ1) is 17.8. The summed E-state index contributed by atoms with van der Waals surface area (Å²) in [6.07, 6.45) is 0. The van der Waals surface area contributed by atoms with Crippen molar-refractivity contribution < 1.29 is 0 Å². The highest BCUT2D eigenvalue weighted by atomic mass is 15.2. The lowest BCUT2D eigenvalue weighted by molar-refractivity contribution is 0.752. The van der Waals surface area contributed by atoms with Crippen LogP contribution < -0.4 is 4.90 Å². The van der Waals surface area contributed by atoms with Gasteiger partial charge in [-0.2, -0.15) is 10.5 Å². The van der Waals surface area contributed by atoms with Gasteiger partial charge < -0.3 is 4.90 Å². The Morgan fingerprint density at radius 3 is 1.39 bits per heavy atom. The summed E-state index contributed by atoms with van der Waals surface area (Å²) in [5.41, 5.74) is 10.8. The lowest BCUT2D eigenvalue weighted by Crippen LogP contribution is -2.36. The molecule has 0 amide bonds. The van der Waals surface area contributed by atoms with Gasteiger partial charge in [-0.25, -0.2) is 0 Å². The van der Waals surface area contributed by atoms with Crippen LogP contribution in [-0.2, 0) is 5.41 Å². The molecule has 3 nitrogen and oxygen atoms in total. The van der Waals surface area contributed by atoms with Crippen molar-refractivity contribution in [2.24, 2.45) is 0 Å². The van der Waals surface area contributed by atoms with Crippen LogP contribution >= 0.6 is 0 Å². The van der Waals surface area contributed by atoms with Crippen molar-refractivity contribution in [2.75, 3.05) is 4.90 Å². The molecule has 0 fully saturated rings. The molecule has 0 saturated heterocycles. The van der Waals surface area contributed by atoms with Gasteiger partial charge in [-0.3, -0.25) is 0 Å². The van der Waals surface area contributed by atoms with Crippen molar-refractivity contribution in [1.29, 1.82) is 10.5 Å². The van der Waals surface area contributed by atoms with Crippen LogP contribution in [0.4, 0.5) is 17.1 Å². The van der Waals surface area contributed by atoms with Crippen molar-refractivity contribution in [3.63, 3.8) is 0 Å². The summed E-state index contributed by atoms with van der Waals surface area (Å²) in [5, 5.41) is 19.4. The van der Waals surface area contributed by atoms with E-state index in [0.29, 0.717) is 11.1 Å². The van der Waals surface area contributed by atoms with Gasteiger partial charge in [0.05, 0.1) is 40.1 Å². The fourth-order valence-electron chi connectivity index (χ4n) is 6.21. The third-order valence-corrected chi connectivity index (χ3v) is 7.48. The van der Waals surface area contributed by atoms with Crippen LogP contribution in [0, 0.1) is 22.7 Å². The lowest BCUT2D eigenvalue weighted by atomic mass is 9.64. The third kappa shape index (κ3) is 2.49. The summed E-state index contributed by atoms with van der Waals surface area (Å²) in [6.45, 7) is 0. The summed E-state index contributed by atoms with van der Waals surface area (Å²) in [4.78, 5) is 2.20. The first-order valence-corrected chi connectivity index (χ1v) is 11.9. The minimum Gasteiger partial charge on any atom is -0.310 e. The number of hydrogen-bond acceptors (Lipinski definition) is 3. The second kappa shape index (κ2) is 7.44. The number of anilines is 3. The van der Waals surface area contributed by atoms with E-state index in [-0.39, 0.29) is 0 Å². The maximum Gasteiger partial charge on any atom is 0.0992 e. The fourth-order valence-corrected chi connectivity index (χ4v) is 6.21. The molecule has 1 aliphatic carbocycles. The summed E-state index contributed by atoms with van der Waals surface area (Å²) >= 11 is 0. The zero-order valence-electron chi connectivity index (χ0n) is 19.3. The Morgan fingerprint density at radius 1 is 0.500 bits per heavy atom. The van der Waals surface area contributed by atoms with E-state index in [2.05, 4.69) is 114 Å². The van der Waals surface area contributed by atoms with Crippen LogP contribution in [0.15, 0.2) is 115 Å². The standard InChI is InChI=1S/C33H19N3/c34-20-22-17-23(21-35)19-24(18-22)36-31-15-7-5-13-29(31)33(30-14-6-8-16-32(30)36)27-11-3-1-9-25(27)26-10-2-4-12-28(26)33/h1-19H. The molecule has 5 aromatic rings. The Bertz CT molecular complexity index is 1660. The molecule has 7 rings (SSSR count). The molecule has 0 atom stereocenters. The van der Waals surface area contributed by atoms with Crippen molar-refractivity contribution in [3.05, 3.63) is 149 Å². The molecule has 36 heavy (non-hydrogen) atoms. The molecule has 2 aliphatic rings. The van der Waals surface area contributed by atoms with E-state index in [9.17, 15) is 10.5 Å². The molecule has 0 bridgehead atoms. The average Bonchev–Trinajstić information content (AvgIpc) is 3.24. The molecule has 0 N–H and O–H groups in total. The molecule has 0 unspecified atom stereocenters. The first-order valence-electron chi connectivity index (χ1n) is 11.9. The number of nitrogens with zero attached hydrogens (tertiary/aromatic N) is 3. The number of nitriles is 2. The Kier molecular flexibility index (Phi) is 4.19. The predicted octanol–water partition coefficient (Wildman–Crippen LogP) is 7.58. The van der Waals surface area contributed by atoms with E-state index in [1.807, 2.05) is 12.1 Å². The molecule has 1 spiro atoms. The average molecular weight is 458 g/mol. The van der Waals surface area contributed by atoms with Crippen molar-refractivity contribution in [1.82, 2.24) is 0 Å². The van der Waals surface area contributed by atoms with Gasteiger partial charge in [0, 0.05) is 5.69 Å². The monoisotopic (exact) mass is 457 g/mol. The van der Waals surface area contributed by atoms with Crippen LogP contribution in [0.3, 0.4) is 0 Å². The highest BCUT2D eigenvalue weighted by molar-refractivity contribution is 5.95. The Balaban J connectivity index is 1.63. The third-order valence-electron chi connectivity index (χ3n) is 7.48. The number of hydrogen-bond donors (Lipinski definition) is 0. The molecule has 166 valence electrons. The van der Waals surface area contributed by atoms with E-state index in [1.54, 1.807) is 6.07 Å². The quantitative estimate of drug-likeness (QED) is 0.255. The summed E-state index contributed by atoms with van der Waals surface area (Å²) in [6, 6.07) is 44.3. The van der Waals surface area contributed by atoms with E-state index >= 15 is 0 Å². The Hall–Kier alpha value is -5.12. The van der Waals surface area contributed by atoms with Crippen molar-refractivity contribution in [3.8, 4) is 23.3 Å². The summed E-state index contributed by atoms with van der Waals surface area (Å²) in [7, 11) is 0. The Labute approximate surface area is 209 Å². The number of fused-ring (bicyclic) bond motifs is 9. The molecule has 1 heterocycles. The largest absolute Gasteiger partial charge is 0.310 e. The summed E-state index contributed by atoms with van der Waals surface area (Å²) in [5.74, 6) is 0. The van der Waals surface area contributed by atoms with E-state index in [4.69, 9.17) is 0 Å². The predicted molar refractivity (Wildman–Crippen MR) is 141 cm³/mol. The Morgan fingerprint density at radius 2 is 0.917 bits per heavy atom. The maximum absolute atomic E-state index is 9.68. The van der Waals surface area contributed by atoms with Gasteiger partial charge in [0.25, 0.3) is 0 Å². The van der Waals surface area contributed by atoms with E-state index in [0.717, 1.165) is 17.1 Å². The van der Waals surface area contributed by atoms with Crippen LogP contribution in [-0.4, -0.2) is 0 Å². The number of rotatable bonds is 1. The molecule has 0 saturated carbocycles. The van der Waals surface area contributed by atoms with E-state index in [1.165, 1.54) is 33.4 Å². The normalized spacial score (nSPS) is 13.7. The highest BCUT2D eigenvalue weighted by Gasteiger charge is 2.51. The smallest absolute Gasteiger partial charge is 0.0992 e. The molecular weight excluding hydrogens is 438 g/mol. The second-order valence-electron chi connectivity index (χ2n) is 9.20. The minimum absolute atomic E-state index is 0.468. The molecule has 5 aromatic carbocycles. The molecule has 0 aromatic heterocycles. The molecule has 3 heteroatoms. The van der Waals surface area contributed by atoms with Crippen LogP contribution in [0.5, 0.6) is 0 Å². The minimum atomic E-state index is -0.470. The number of benzene rings is 5. The molecular formula is C33H19N3. The van der Waals surface area contributed by atoms with Crippen LogP contribution in [0.25, 0.3) is 11.1 Å². The van der Waals surface area contributed by atoms with Crippen LogP contribution in [0.1, 0.15) is 33.4 Å². The highest BCUT2D eigenvalue weighted by Crippen LogP contribution is 2.63. The summed E-state index contributed by atoms with van der Waals surface area (Å²) < 4.78 is 0. The fraction of sp³-hybridized carbons (Fsp3) is 0.0303. The topological polar surface area (TPSA) is 50.8 Å². The van der Waals surface area contributed by atoms with Gasteiger partial charge in [-0.15, -0.1) is 0 Å². The lowest BCUT2D eigenvalue weighted by Gasteiger charge is -2.45. The van der Waals surface area contributed by atoms with Gasteiger partial charge >= 0.3 is 0 Å². The zero-order valence-corrected chi connectivity index (χ0v) is 19.3. The van der Waals surface area contributed by atoms with Gasteiger partial charge in [-0.1, -0.05) is 84.9 Å². The van der Waals surface area contributed by atoms with Gasteiger partial charge in [0.1, 0.15) is 0 Å². The van der Waals surface area contributed by atoms with Gasteiger partial charge in [0.15, 0.2) is 0 Å². The van der Waals surface area contributed by atoms with Crippen LogP contribution in [0.2, 0.25) is 0 Å². The van der Waals surface area contributed by atoms with Gasteiger partial charge in [0.2, 0.25) is 0 Å². The van der Waals surface area contributed by atoms with E-state index < -0.39 is 5.41 Å². The van der Waals surface area contributed by atoms with Crippen molar-refractivity contribution >= 4 is 17.1 Å². The SMILES string of the molecule is N#Cc1cc(C#N)cc(N2c3ccccc3C3(c4ccccc4-c4ccccc43)c3ccccc32)c1. The maximum atomic E-state index is 9.68. The molecule has 1 aliphatic heterocycles.